The monoisotopic (exact) mass is 349 g/mol. The molecule has 1 aromatic carbocycles. The van der Waals surface area contributed by atoms with Gasteiger partial charge in [-0.2, -0.15) is 11.8 Å². The lowest BCUT2D eigenvalue weighted by Crippen LogP contribution is -2.43. The molecule has 2 aliphatic carbocycles. The second-order valence-electron chi connectivity index (χ2n) is 6.83. The highest BCUT2D eigenvalue weighted by Gasteiger charge is 2.41. The summed E-state index contributed by atoms with van der Waals surface area (Å²) in [5.74, 6) is 1.91. The highest BCUT2D eigenvalue weighted by Crippen LogP contribution is 2.40. The molecule has 0 spiro atoms. The maximum Gasteiger partial charge on any atom is 0.223 e. The van der Waals surface area contributed by atoms with Crippen LogP contribution in [0.5, 0.6) is 0 Å². The normalized spacial score (nSPS) is 26.2. The third-order valence-corrected chi connectivity index (χ3v) is 6.19. The third kappa shape index (κ3) is 4.18. The highest BCUT2D eigenvalue weighted by atomic mass is 32.2. The molecule has 2 bridgehead atoms. The summed E-state index contributed by atoms with van der Waals surface area (Å²) in [6.07, 6.45) is 4.49. The van der Waals surface area contributed by atoms with Gasteiger partial charge in [-0.15, -0.1) is 0 Å². The molecule has 2 atom stereocenters. The van der Waals surface area contributed by atoms with Crippen molar-refractivity contribution in [3.63, 3.8) is 0 Å². The zero-order valence-corrected chi connectivity index (χ0v) is 14.6. The van der Waals surface area contributed by atoms with Gasteiger partial charge in [0.05, 0.1) is 0 Å². The molecule has 1 aromatic rings. The SMILES string of the molecule is O=C(NCCSCc1ccccc1F)C1CC2CCCC(C1)C2=O. The molecule has 3 rings (SSSR count). The average molecular weight is 349 g/mol. The van der Waals surface area contributed by atoms with Crippen LogP contribution in [0.15, 0.2) is 24.3 Å². The molecule has 0 saturated heterocycles. The Balaban J connectivity index is 1.37. The molecule has 24 heavy (non-hydrogen) atoms. The number of rotatable bonds is 6. The number of hydrogen-bond donors (Lipinski definition) is 1. The van der Waals surface area contributed by atoms with E-state index in [2.05, 4.69) is 5.32 Å². The molecule has 0 heterocycles. The van der Waals surface area contributed by atoms with Crippen LogP contribution in [0, 0.1) is 23.6 Å². The van der Waals surface area contributed by atoms with Gasteiger partial charge in [0.25, 0.3) is 0 Å². The van der Waals surface area contributed by atoms with Gasteiger partial charge in [-0.05, 0) is 37.3 Å². The maximum absolute atomic E-state index is 13.5. The molecule has 1 amide bonds. The lowest BCUT2D eigenvalue weighted by atomic mass is 9.67. The summed E-state index contributed by atoms with van der Waals surface area (Å²) in [4.78, 5) is 24.4. The predicted molar refractivity (Wildman–Crippen MR) is 94.1 cm³/mol. The molecule has 2 aliphatic rings. The minimum atomic E-state index is -0.174. The van der Waals surface area contributed by atoms with Gasteiger partial charge in [-0.1, -0.05) is 24.6 Å². The number of Topliss-reactive ketones (excluding diaryl/α,β-unsaturated/α-hetero) is 1. The molecule has 2 fully saturated rings. The average Bonchev–Trinajstić information content (AvgIpc) is 2.55. The van der Waals surface area contributed by atoms with Gasteiger partial charge < -0.3 is 5.32 Å². The molecule has 1 N–H and O–H groups in total. The van der Waals surface area contributed by atoms with Crippen LogP contribution < -0.4 is 5.32 Å². The Morgan fingerprint density at radius 1 is 1.21 bits per heavy atom. The van der Waals surface area contributed by atoms with Crippen molar-refractivity contribution in [2.24, 2.45) is 17.8 Å². The van der Waals surface area contributed by atoms with Gasteiger partial charge in [-0.3, -0.25) is 9.59 Å². The van der Waals surface area contributed by atoms with Crippen LogP contribution in [0.2, 0.25) is 0 Å². The predicted octanol–water partition coefficient (Wildman–Crippen LogP) is 3.57. The van der Waals surface area contributed by atoms with E-state index in [-0.39, 0.29) is 29.5 Å². The number of carbonyl (C=O) groups excluding carboxylic acids is 2. The van der Waals surface area contributed by atoms with E-state index in [1.165, 1.54) is 6.07 Å². The van der Waals surface area contributed by atoms with Gasteiger partial charge >= 0.3 is 0 Å². The summed E-state index contributed by atoms with van der Waals surface area (Å²) in [5, 5.41) is 2.99. The summed E-state index contributed by atoms with van der Waals surface area (Å²) in [6, 6.07) is 6.79. The summed E-state index contributed by atoms with van der Waals surface area (Å²) >= 11 is 1.62. The van der Waals surface area contributed by atoms with E-state index in [0.717, 1.165) is 37.9 Å². The van der Waals surface area contributed by atoms with Crippen molar-refractivity contribution in [3.05, 3.63) is 35.6 Å². The van der Waals surface area contributed by atoms with Gasteiger partial charge in [0.1, 0.15) is 11.6 Å². The van der Waals surface area contributed by atoms with E-state index in [4.69, 9.17) is 0 Å². The number of benzene rings is 1. The largest absolute Gasteiger partial charge is 0.355 e. The summed E-state index contributed by atoms with van der Waals surface area (Å²) in [5.41, 5.74) is 0.701. The third-order valence-electron chi connectivity index (χ3n) is 5.18. The summed E-state index contributed by atoms with van der Waals surface area (Å²) in [6.45, 7) is 0.595. The molecular weight excluding hydrogens is 325 g/mol. The van der Waals surface area contributed by atoms with Crippen LogP contribution in [0.3, 0.4) is 0 Å². The van der Waals surface area contributed by atoms with Crippen molar-refractivity contribution < 1.29 is 14.0 Å². The smallest absolute Gasteiger partial charge is 0.223 e. The van der Waals surface area contributed by atoms with Gasteiger partial charge in [0.15, 0.2) is 0 Å². The first-order chi connectivity index (χ1) is 11.6. The van der Waals surface area contributed by atoms with Crippen molar-refractivity contribution in [2.75, 3.05) is 12.3 Å². The fraction of sp³-hybridized carbons (Fsp3) is 0.579. The Morgan fingerprint density at radius 3 is 2.62 bits per heavy atom. The summed E-state index contributed by atoms with van der Waals surface area (Å²) in [7, 11) is 0. The molecule has 0 aromatic heterocycles. The lowest BCUT2D eigenvalue weighted by Gasteiger charge is -2.36. The Hall–Kier alpha value is -1.36. The minimum Gasteiger partial charge on any atom is -0.355 e. The van der Waals surface area contributed by atoms with Gasteiger partial charge in [-0.25, -0.2) is 4.39 Å². The second kappa shape index (κ2) is 8.15. The number of nitrogens with one attached hydrogen (secondary N) is 1. The van der Waals surface area contributed by atoms with E-state index >= 15 is 0 Å². The fourth-order valence-corrected chi connectivity index (χ4v) is 4.73. The van der Waals surface area contributed by atoms with Crippen LogP contribution in [-0.2, 0) is 15.3 Å². The number of thioether (sulfide) groups is 1. The number of amides is 1. The highest BCUT2D eigenvalue weighted by molar-refractivity contribution is 7.98. The molecule has 0 aliphatic heterocycles. The summed E-state index contributed by atoms with van der Waals surface area (Å²) < 4.78 is 13.5. The lowest BCUT2D eigenvalue weighted by molar-refractivity contribution is -0.137. The molecule has 130 valence electrons. The van der Waals surface area contributed by atoms with Crippen LogP contribution in [0.1, 0.15) is 37.7 Å². The van der Waals surface area contributed by atoms with Crippen molar-refractivity contribution in [2.45, 2.75) is 37.9 Å². The van der Waals surface area contributed by atoms with Crippen LogP contribution in [0.25, 0.3) is 0 Å². The maximum atomic E-state index is 13.5. The Bertz CT molecular complexity index is 591. The zero-order chi connectivity index (χ0) is 16.9. The van der Waals surface area contributed by atoms with E-state index < -0.39 is 0 Å². The molecule has 5 heteroatoms. The van der Waals surface area contributed by atoms with Crippen LogP contribution in [0.4, 0.5) is 4.39 Å². The van der Waals surface area contributed by atoms with E-state index in [1.807, 2.05) is 6.07 Å². The van der Waals surface area contributed by atoms with E-state index in [0.29, 0.717) is 23.6 Å². The minimum absolute atomic E-state index is 0.00503. The topological polar surface area (TPSA) is 46.2 Å². The Morgan fingerprint density at radius 2 is 1.92 bits per heavy atom. The fourth-order valence-electron chi connectivity index (χ4n) is 3.88. The van der Waals surface area contributed by atoms with E-state index in [1.54, 1.807) is 23.9 Å². The molecule has 2 unspecified atom stereocenters. The molecule has 0 radical (unpaired) electrons. The van der Waals surface area contributed by atoms with Crippen molar-refractivity contribution in [1.29, 1.82) is 0 Å². The number of ketones is 1. The van der Waals surface area contributed by atoms with E-state index in [9.17, 15) is 14.0 Å². The first kappa shape index (κ1) is 17.5. The Kier molecular flexibility index (Phi) is 5.93. The first-order valence-electron chi connectivity index (χ1n) is 8.77. The first-order valence-corrected chi connectivity index (χ1v) is 9.93. The standard InChI is InChI=1S/C19H24FNO2S/c20-17-7-2-1-4-15(17)12-24-9-8-21-19(23)16-10-13-5-3-6-14(11-16)18(13)22/h1-2,4,7,13-14,16H,3,5-6,8-12H2,(H,21,23). The van der Waals surface area contributed by atoms with Crippen molar-refractivity contribution in [3.8, 4) is 0 Å². The number of carbonyl (C=O) groups is 2. The van der Waals surface area contributed by atoms with Crippen LogP contribution in [-0.4, -0.2) is 24.0 Å². The number of halogens is 1. The number of hydrogen-bond acceptors (Lipinski definition) is 3. The molecule has 3 nitrogen and oxygen atoms in total. The molecule has 2 saturated carbocycles. The zero-order valence-electron chi connectivity index (χ0n) is 13.8. The Labute approximate surface area is 146 Å². The van der Waals surface area contributed by atoms with Crippen molar-refractivity contribution >= 4 is 23.5 Å². The molecular formula is C19H24FNO2S. The van der Waals surface area contributed by atoms with Crippen molar-refractivity contribution in [1.82, 2.24) is 5.32 Å². The van der Waals surface area contributed by atoms with Gasteiger partial charge in [0.2, 0.25) is 5.91 Å². The quantitative estimate of drug-likeness (QED) is 0.799. The van der Waals surface area contributed by atoms with Crippen LogP contribution >= 0.6 is 11.8 Å². The van der Waals surface area contributed by atoms with Gasteiger partial charge in [0, 0.05) is 35.8 Å². The number of fused-ring (bicyclic) bond motifs is 2. The second-order valence-corrected chi connectivity index (χ2v) is 7.94.